The Morgan fingerprint density at radius 3 is 2.20 bits per heavy atom. The van der Waals surface area contributed by atoms with Crippen LogP contribution in [0.4, 0.5) is 5.69 Å². The first-order valence-corrected chi connectivity index (χ1v) is 4.85. The summed E-state index contributed by atoms with van der Waals surface area (Å²) < 4.78 is 0. The van der Waals surface area contributed by atoms with Crippen LogP contribution in [0.3, 0.4) is 0 Å². The Labute approximate surface area is 96.0 Å². The van der Waals surface area contributed by atoms with Crippen molar-refractivity contribution in [3.05, 3.63) is 34.6 Å². The fraction of sp³-hybridized carbons (Fsp3) is 0. The summed E-state index contributed by atoms with van der Waals surface area (Å²) in [7, 11) is 0. The molecule has 0 aliphatic carbocycles. The van der Waals surface area contributed by atoms with E-state index in [4.69, 9.17) is 28.9 Å². The number of nitrogens with two attached hydrogens (primary N) is 1. The van der Waals surface area contributed by atoms with Crippen molar-refractivity contribution in [3.8, 4) is 11.1 Å². The van der Waals surface area contributed by atoms with Crippen molar-refractivity contribution in [3.63, 3.8) is 0 Å². The highest BCUT2D eigenvalue weighted by atomic mass is 35.5. The van der Waals surface area contributed by atoms with Crippen LogP contribution in [-0.2, 0) is 0 Å². The highest BCUT2D eigenvalue weighted by Crippen LogP contribution is 2.34. The van der Waals surface area contributed by atoms with Gasteiger partial charge in [0.05, 0.1) is 5.56 Å². The van der Waals surface area contributed by atoms with Gasteiger partial charge in [-0.15, -0.1) is 10.2 Å². The predicted octanol–water partition coefficient (Wildman–Crippen LogP) is 2.43. The minimum atomic E-state index is 0.188. The molecule has 0 radical (unpaired) electrons. The SMILES string of the molecule is Nc1ccccc1-c1c(Cl)nnnc1Cl. The number of hydrogen-bond donors (Lipinski definition) is 1. The van der Waals surface area contributed by atoms with E-state index in [2.05, 4.69) is 15.4 Å². The maximum absolute atomic E-state index is 5.88. The Hall–Kier alpha value is -1.39. The molecule has 1 heterocycles. The summed E-state index contributed by atoms with van der Waals surface area (Å²) in [6, 6.07) is 7.20. The predicted molar refractivity (Wildman–Crippen MR) is 59.7 cm³/mol. The van der Waals surface area contributed by atoms with Gasteiger partial charge in [-0.05, 0) is 11.3 Å². The third-order valence-corrected chi connectivity index (χ3v) is 2.44. The van der Waals surface area contributed by atoms with E-state index in [1.165, 1.54) is 0 Å². The molecule has 0 fully saturated rings. The van der Waals surface area contributed by atoms with Crippen LogP contribution in [0.2, 0.25) is 10.3 Å². The smallest absolute Gasteiger partial charge is 0.164 e. The van der Waals surface area contributed by atoms with Gasteiger partial charge < -0.3 is 5.73 Å². The van der Waals surface area contributed by atoms with Gasteiger partial charge in [0.15, 0.2) is 10.3 Å². The zero-order valence-electron chi connectivity index (χ0n) is 7.48. The molecular weight excluding hydrogens is 235 g/mol. The van der Waals surface area contributed by atoms with Crippen LogP contribution in [-0.4, -0.2) is 15.4 Å². The molecule has 0 bridgehead atoms. The number of aromatic nitrogens is 3. The zero-order valence-corrected chi connectivity index (χ0v) is 9.00. The molecule has 2 N–H and O–H groups in total. The number of nitrogens with zero attached hydrogens (tertiary/aromatic N) is 3. The van der Waals surface area contributed by atoms with Crippen LogP contribution in [0.1, 0.15) is 0 Å². The lowest BCUT2D eigenvalue weighted by atomic mass is 10.1. The average molecular weight is 241 g/mol. The summed E-state index contributed by atoms with van der Waals surface area (Å²) in [6.45, 7) is 0. The molecule has 0 unspecified atom stereocenters. The van der Waals surface area contributed by atoms with Crippen LogP contribution < -0.4 is 5.73 Å². The molecule has 76 valence electrons. The number of benzene rings is 1. The van der Waals surface area contributed by atoms with Gasteiger partial charge in [0, 0.05) is 11.3 Å². The lowest BCUT2D eigenvalue weighted by molar-refractivity contribution is 0.868. The Morgan fingerprint density at radius 1 is 1.00 bits per heavy atom. The summed E-state index contributed by atoms with van der Waals surface area (Å²) in [5, 5.41) is 11.0. The maximum Gasteiger partial charge on any atom is 0.164 e. The molecule has 2 rings (SSSR count). The topological polar surface area (TPSA) is 64.7 Å². The van der Waals surface area contributed by atoms with Crippen LogP contribution in [0, 0.1) is 0 Å². The molecular formula is C9H6Cl2N4. The van der Waals surface area contributed by atoms with Gasteiger partial charge in [-0.2, -0.15) is 0 Å². The monoisotopic (exact) mass is 240 g/mol. The van der Waals surface area contributed by atoms with Crippen molar-refractivity contribution >= 4 is 28.9 Å². The molecule has 0 spiro atoms. The van der Waals surface area contributed by atoms with Crippen molar-refractivity contribution < 1.29 is 0 Å². The van der Waals surface area contributed by atoms with E-state index in [-0.39, 0.29) is 10.3 Å². The third kappa shape index (κ3) is 1.86. The third-order valence-electron chi connectivity index (χ3n) is 1.91. The molecule has 0 saturated carbocycles. The van der Waals surface area contributed by atoms with Gasteiger partial charge in [0.1, 0.15) is 0 Å². The highest BCUT2D eigenvalue weighted by Gasteiger charge is 2.13. The number of hydrogen-bond acceptors (Lipinski definition) is 4. The quantitative estimate of drug-likeness (QED) is 0.778. The fourth-order valence-electron chi connectivity index (χ4n) is 1.23. The largest absolute Gasteiger partial charge is 0.398 e. The Balaban J connectivity index is 2.69. The van der Waals surface area contributed by atoms with Crippen molar-refractivity contribution in [2.75, 3.05) is 5.73 Å². The van der Waals surface area contributed by atoms with Crippen molar-refractivity contribution in [2.24, 2.45) is 0 Å². The van der Waals surface area contributed by atoms with E-state index < -0.39 is 0 Å². The first kappa shape index (κ1) is 10.1. The van der Waals surface area contributed by atoms with E-state index >= 15 is 0 Å². The number of nitrogen functional groups attached to an aromatic ring is 1. The minimum absolute atomic E-state index is 0.188. The molecule has 1 aromatic carbocycles. The number of anilines is 1. The number of halogens is 2. The number of rotatable bonds is 1. The molecule has 0 atom stereocenters. The van der Waals surface area contributed by atoms with Gasteiger partial charge in [0.25, 0.3) is 0 Å². The van der Waals surface area contributed by atoms with Gasteiger partial charge in [-0.25, -0.2) is 0 Å². The van der Waals surface area contributed by atoms with E-state index in [0.29, 0.717) is 16.8 Å². The molecule has 0 saturated heterocycles. The first-order chi connectivity index (χ1) is 7.20. The lowest BCUT2D eigenvalue weighted by Gasteiger charge is -2.06. The van der Waals surface area contributed by atoms with Crippen LogP contribution in [0.15, 0.2) is 24.3 Å². The lowest BCUT2D eigenvalue weighted by Crippen LogP contribution is -1.96. The van der Waals surface area contributed by atoms with Crippen LogP contribution >= 0.6 is 23.2 Å². The second kappa shape index (κ2) is 4.00. The summed E-state index contributed by atoms with van der Waals surface area (Å²) >= 11 is 11.8. The van der Waals surface area contributed by atoms with Crippen molar-refractivity contribution in [2.45, 2.75) is 0 Å². The molecule has 6 heteroatoms. The van der Waals surface area contributed by atoms with Crippen molar-refractivity contribution in [1.29, 1.82) is 0 Å². The van der Waals surface area contributed by atoms with E-state index in [9.17, 15) is 0 Å². The Bertz CT molecular complexity index is 481. The van der Waals surface area contributed by atoms with E-state index in [0.717, 1.165) is 0 Å². The summed E-state index contributed by atoms with van der Waals surface area (Å²) in [5.41, 5.74) is 7.57. The van der Waals surface area contributed by atoms with Gasteiger partial charge in [-0.1, -0.05) is 41.4 Å². The second-order valence-corrected chi connectivity index (χ2v) is 3.55. The normalized spacial score (nSPS) is 10.3. The molecule has 0 amide bonds. The van der Waals surface area contributed by atoms with Gasteiger partial charge >= 0.3 is 0 Å². The summed E-state index contributed by atoms with van der Waals surface area (Å²) in [5.74, 6) is 0. The summed E-state index contributed by atoms with van der Waals surface area (Å²) in [6.07, 6.45) is 0. The molecule has 0 aliphatic heterocycles. The Kier molecular flexibility index (Phi) is 2.70. The molecule has 2 aromatic rings. The second-order valence-electron chi connectivity index (χ2n) is 2.83. The van der Waals surface area contributed by atoms with Crippen molar-refractivity contribution in [1.82, 2.24) is 15.4 Å². The zero-order chi connectivity index (χ0) is 10.8. The van der Waals surface area contributed by atoms with E-state index in [1.807, 2.05) is 12.1 Å². The molecule has 15 heavy (non-hydrogen) atoms. The molecule has 1 aromatic heterocycles. The van der Waals surface area contributed by atoms with Crippen LogP contribution in [0.5, 0.6) is 0 Å². The molecule has 0 aliphatic rings. The summed E-state index contributed by atoms with van der Waals surface area (Å²) in [4.78, 5) is 0. The Morgan fingerprint density at radius 2 is 1.60 bits per heavy atom. The van der Waals surface area contributed by atoms with Gasteiger partial charge in [-0.3, -0.25) is 0 Å². The van der Waals surface area contributed by atoms with Crippen LogP contribution in [0.25, 0.3) is 11.1 Å². The number of para-hydroxylation sites is 1. The first-order valence-electron chi connectivity index (χ1n) is 4.09. The highest BCUT2D eigenvalue weighted by molar-refractivity contribution is 6.37. The average Bonchev–Trinajstić information content (AvgIpc) is 2.20. The van der Waals surface area contributed by atoms with E-state index in [1.54, 1.807) is 12.1 Å². The minimum Gasteiger partial charge on any atom is -0.398 e. The maximum atomic E-state index is 5.88. The molecule has 4 nitrogen and oxygen atoms in total. The standard InChI is InChI=1S/C9H6Cl2N4/c10-8-7(9(11)14-15-13-8)5-3-1-2-4-6(5)12/h1-4H,12H2. The fourth-order valence-corrected chi connectivity index (χ4v) is 1.73. The van der Waals surface area contributed by atoms with Gasteiger partial charge in [0.2, 0.25) is 0 Å².